The molecule has 0 bridgehead atoms. The molecule has 14 nitrogen and oxygen atoms in total. The number of nitrogens with zero attached hydrogens (tertiary/aromatic N) is 6. The first-order chi connectivity index (χ1) is 42.3. The van der Waals surface area contributed by atoms with Gasteiger partial charge in [0.15, 0.2) is 13.5 Å². The quantitative estimate of drug-likeness (QED) is 0.0277. The number of thiophene rings is 2. The highest BCUT2D eigenvalue weighted by Crippen LogP contribution is 2.33. The largest absolute Gasteiger partial charge is 0.494 e. The van der Waals surface area contributed by atoms with Crippen LogP contribution in [0.25, 0.3) is 42.0 Å². The van der Waals surface area contributed by atoms with Crippen LogP contribution in [0.3, 0.4) is 0 Å². The van der Waals surface area contributed by atoms with Gasteiger partial charge in [-0.1, -0.05) is 89.2 Å². The van der Waals surface area contributed by atoms with E-state index >= 15 is 0 Å². The summed E-state index contributed by atoms with van der Waals surface area (Å²) in [6, 6.07) is 35.9. The lowest BCUT2D eigenvalue weighted by atomic mass is 10.0. The molecule has 4 aromatic carbocycles. The Bertz CT molecular complexity index is 3310. The smallest absolute Gasteiger partial charge is 0.307 e. The number of carbonyl (C=O) groups excluding carboxylic acids is 2. The fourth-order valence-electron chi connectivity index (χ4n) is 12.2. The highest BCUT2D eigenvalue weighted by Gasteiger charge is 2.21. The van der Waals surface area contributed by atoms with Gasteiger partial charge in [0.1, 0.15) is 11.5 Å². The number of esters is 2. The molecule has 16 heteroatoms. The number of benzene rings is 4. The lowest BCUT2D eigenvalue weighted by Crippen LogP contribution is -2.46. The van der Waals surface area contributed by atoms with Crippen LogP contribution in [0.15, 0.2) is 130 Å². The normalized spacial score (nSPS) is 14.2. The molecule has 458 valence electrons. The molecule has 4 aromatic heterocycles. The molecule has 6 heterocycles. The van der Waals surface area contributed by atoms with Crippen molar-refractivity contribution in [2.75, 3.05) is 88.5 Å². The standard InChI is InChI=1S/C70H88N6O8S2/c77-67-33-29-55-27-31-57(81-47-17-15-37-71-39-43-73(44-40-71)61-21-19-23-65-59(61)35-49-85-65)51-63(55)75(67)53-83-69(79)25-13-11-9-7-5-3-1-2-4-6-8-10-12-14-26-70(80)84-54-76-64-52-58(32-28-56(64)30-34-68(76)78)82-48-18-16-38-72-41-45-74(46-42-72)62-22-20-24-66-60(62)36-50-86-66/h19-24,27-36,49-52H,1-18,25-26,37-48,53-54H2. The van der Waals surface area contributed by atoms with Crippen LogP contribution in [0.4, 0.5) is 11.4 Å². The van der Waals surface area contributed by atoms with Crippen molar-refractivity contribution in [3.63, 3.8) is 0 Å². The molecular formula is C70H88N6O8S2. The summed E-state index contributed by atoms with van der Waals surface area (Å²) < 4.78 is 29.3. The van der Waals surface area contributed by atoms with Crippen LogP contribution in [-0.2, 0) is 32.5 Å². The van der Waals surface area contributed by atoms with E-state index in [-0.39, 0.29) is 36.5 Å². The van der Waals surface area contributed by atoms with Crippen LogP contribution in [0.5, 0.6) is 11.5 Å². The van der Waals surface area contributed by atoms with Gasteiger partial charge in [-0.25, -0.2) is 0 Å². The predicted octanol–water partition coefficient (Wildman–Crippen LogP) is 14.7. The Hall–Kier alpha value is -6.72. The highest BCUT2D eigenvalue weighted by molar-refractivity contribution is 7.17. The third kappa shape index (κ3) is 17.9. The molecule has 86 heavy (non-hydrogen) atoms. The second kappa shape index (κ2) is 32.9. The van der Waals surface area contributed by atoms with Crippen LogP contribution >= 0.6 is 22.7 Å². The number of rotatable bonds is 35. The first-order valence-electron chi connectivity index (χ1n) is 32.0. The minimum atomic E-state index is -0.279. The van der Waals surface area contributed by atoms with E-state index in [2.05, 4.69) is 78.9 Å². The van der Waals surface area contributed by atoms with Crippen molar-refractivity contribution in [3.05, 3.63) is 141 Å². The van der Waals surface area contributed by atoms with E-state index in [4.69, 9.17) is 18.9 Å². The van der Waals surface area contributed by atoms with Crippen LogP contribution in [0.1, 0.15) is 128 Å². The molecule has 10 rings (SSSR count). The van der Waals surface area contributed by atoms with Gasteiger partial charge in [-0.15, -0.1) is 22.7 Å². The SMILES string of the molecule is O=C(CCCCCCCCCCCCCCCCC(=O)OCn1c(=O)ccc2ccc(OCCCCN3CCN(c4cccc5sccc45)CC3)cc21)OCn1c(=O)ccc2ccc(OCCCCN3CCN(c4cccc5sccc45)CC3)cc21. The maximum absolute atomic E-state index is 12.9. The molecular weight excluding hydrogens is 1120 g/mol. The van der Waals surface area contributed by atoms with Gasteiger partial charge in [0.2, 0.25) is 0 Å². The number of piperazine rings is 2. The lowest BCUT2D eigenvalue weighted by Gasteiger charge is -2.36. The first kappa shape index (κ1) is 62.3. The third-order valence-corrected chi connectivity index (χ3v) is 19.1. The van der Waals surface area contributed by atoms with Crippen LogP contribution in [0, 0.1) is 0 Å². The van der Waals surface area contributed by atoms with Crippen LogP contribution in [0.2, 0.25) is 0 Å². The van der Waals surface area contributed by atoms with Gasteiger partial charge in [0.05, 0.1) is 24.2 Å². The molecule has 0 atom stereocenters. The van der Waals surface area contributed by atoms with Crippen molar-refractivity contribution in [2.45, 2.75) is 142 Å². The van der Waals surface area contributed by atoms with E-state index < -0.39 is 0 Å². The number of aromatic nitrogens is 2. The minimum Gasteiger partial charge on any atom is -0.494 e. The summed E-state index contributed by atoms with van der Waals surface area (Å²) in [5.74, 6) is 0.857. The molecule has 0 spiro atoms. The Morgan fingerprint density at radius 3 is 1.20 bits per heavy atom. The summed E-state index contributed by atoms with van der Waals surface area (Å²) in [5.41, 5.74) is 3.68. The minimum absolute atomic E-state index is 0.113. The lowest BCUT2D eigenvalue weighted by molar-refractivity contribution is -0.148. The maximum Gasteiger partial charge on any atom is 0.307 e. The van der Waals surface area contributed by atoms with Gasteiger partial charge in [-0.2, -0.15) is 0 Å². The van der Waals surface area contributed by atoms with Crippen molar-refractivity contribution in [1.82, 2.24) is 18.9 Å². The Morgan fingerprint density at radius 1 is 0.407 bits per heavy atom. The van der Waals surface area contributed by atoms with Gasteiger partial charge >= 0.3 is 11.9 Å². The molecule has 8 aromatic rings. The summed E-state index contributed by atoms with van der Waals surface area (Å²) in [6.07, 6.45) is 20.2. The number of hydrogen-bond acceptors (Lipinski definition) is 14. The van der Waals surface area contributed by atoms with E-state index in [1.165, 1.54) is 104 Å². The molecule has 0 saturated carbocycles. The van der Waals surface area contributed by atoms with Gasteiger partial charge in [0, 0.05) is 121 Å². The number of unbranched alkanes of at least 4 members (excludes halogenated alkanes) is 15. The Balaban J connectivity index is 0.508. The summed E-state index contributed by atoms with van der Waals surface area (Å²) in [4.78, 5) is 61.5. The molecule has 0 unspecified atom stereocenters. The number of ether oxygens (including phenoxy) is 4. The number of pyridine rings is 2. The molecule has 0 aliphatic carbocycles. The summed E-state index contributed by atoms with van der Waals surface area (Å²) in [6.45, 7) is 11.5. The van der Waals surface area contributed by atoms with E-state index in [1.54, 1.807) is 34.8 Å². The molecule has 2 aliphatic heterocycles. The average molecular weight is 1210 g/mol. The highest BCUT2D eigenvalue weighted by atomic mass is 32.1. The predicted molar refractivity (Wildman–Crippen MR) is 353 cm³/mol. The van der Waals surface area contributed by atoms with E-state index in [9.17, 15) is 19.2 Å². The number of carbonyl (C=O) groups is 2. The summed E-state index contributed by atoms with van der Waals surface area (Å²) in [7, 11) is 0. The Kier molecular flexibility index (Phi) is 23.8. The van der Waals surface area contributed by atoms with E-state index in [0.717, 1.165) is 140 Å². The maximum atomic E-state index is 12.9. The van der Waals surface area contributed by atoms with Crippen molar-refractivity contribution < 1.29 is 28.5 Å². The van der Waals surface area contributed by atoms with Gasteiger partial charge in [-0.3, -0.25) is 38.1 Å². The molecule has 0 radical (unpaired) electrons. The molecule has 0 N–H and O–H groups in total. The van der Waals surface area contributed by atoms with Gasteiger partial charge < -0.3 is 28.7 Å². The second-order valence-corrected chi connectivity index (χ2v) is 25.3. The Morgan fingerprint density at radius 2 is 0.791 bits per heavy atom. The summed E-state index contributed by atoms with van der Waals surface area (Å²) in [5, 5.41) is 8.86. The fourth-order valence-corrected chi connectivity index (χ4v) is 13.9. The van der Waals surface area contributed by atoms with Crippen molar-refractivity contribution in [3.8, 4) is 11.5 Å². The number of anilines is 2. The first-order valence-corrected chi connectivity index (χ1v) is 33.8. The van der Waals surface area contributed by atoms with Crippen LogP contribution in [-0.4, -0.2) is 110 Å². The second-order valence-electron chi connectivity index (χ2n) is 23.4. The third-order valence-electron chi connectivity index (χ3n) is 17.3. The van der Waals surface area contributed by atoms with Crippen LogP contribution < -0.4 is 30.4 Å². The summed E-state index contributed by atoms with van der Waals surface area (Å²) >= 11 is 3.61. The topological polar surface area (TPSA) is 128 Å². The van der Waals surface area contributed by atoms with E-state index in [1.807, 2.05) is 36.4 Å². The average Bonchev–Trinajstić information content (AvgIpc) is 3.10. The number of hydrogen-bond donors (Lipinski definition) is 0. The van der Waals surface area contributed by atoms with Gasteiger partial charge in [0.25, 0.3) is 11.1 Å². The van der Waals surface area contributed by atoms with Crippen molar-refractivity contribution in [1.29, 1.82) is 0 Å². The Labute approximate surface area is 515 Å². The molecule has 0 amide bonds. The monoisotopic (exact) mass is 1200 g/mol. The van der Waals surface area contributed by atoms with Gasteiger partial charge in [-0.05, 0) is 146 Å². The molecule has 2 aliphatic rings. The van der Waals surface area contributed by atoms with E-state index in [0.29, 0.717) is 48.6 Å². The number of fused-ring (bicyclic) bond motifs is 4. The fraction of sp³-hybridized carbons (Fsp3) is 0.486. The zero-order valence-corrected chi connectivity index (χ0v) is 52.0. The van der Waals surface area contributed by atoms with Crippen molar-refractivity contribution >= 4 is 88.0 Å². The zero-order valence-electron chi connectivity index (χ0n) is 50.4. The zero-order chi connectivity index (χ0) is 59.1. The molecule has 2 fully saturated rings. The molecule has 2 saturated heterocycles. The van der Waals surface area contributed by atoms with Crippen molar-refractivity contribution in [2.24, 2.45) is 0 Å².